The van der Waals surface area contributed by atoms with E-state index in [1.165, 1.54) is 0 Å². The van der Waals surface area contributed by atoms with Crippen molar-refractivity contribution < 1.29 is 9.59 Å². The lowest BCUT2D eigenvalue weighted by molar-refractivity contribution is 0.0791. The van der Waals surface area contributed by atoms with Gasteiger partial charge in [-0.1, -0.05) is 64.5 Å². The highest BCUT2D eigenvalue weighted by Crippen LogP contribution is 2.42. The van der Waals surface area contributed by atoms with E-state index in [9.17, 15) is 9.59 Å². The summed E-state index contributed by atoms with van der Waals surface area (Å²) in [7, 11) is 0. The number of aromatic amines is 1. The lowest BCUT2D eigenvalue weighted by Gasteiger charge is -2.25. The molecule has 1 aliphatic rings. The Morgan fingerprint density at radius 3 is 2.07 bits per heavy atom. The highest BCUT2D eigenvalue weighted by molar-refractivity contribution is 9.10. The molecule has 0 saturated carbocycles. The predicted molar refractivity (Wildman–Crippen MR) is 111 cm³/mol. The van der Waals surface area contributed by atoms with E-state index >= 15 is 0 Å². The second-order valence-corrected chi connectivity index (χ2v) is 7.91. The number of aromatic nitrogens is 2. The minimum Gasteiger partial charge on any atom is -0.342 e. The Balaban J connectivity index is 1.71. The van der Waals surface area contributed by atoms with Crippen molar-refractivity contribution >= 4 is 38.5 Å². The van der Waals surface area contributed by atoms with Crippen LogP contribution in [0.4, 0.5) is 0 Å². The van der Waals surface area contributed by atoms with E-state index in [1.807, 2.05) is 48.5 Å². The number of nitrogens with one attached hydrogen (secondary N) is 1. The molecule has 4 nitrogen and oxygen atoms in total. The number of ketones is 2. The van der Waals surface area contributed by atoms with Crippen LogP contribution in [0.5, 0.6) is 0 Å². The van der Waals surface area contributed by atoms with Crippen LogP contribution in [0.1, 0.15) is 32.1 Å². The monoisotopic (exact) mass is 430 g/mol. The number of fused-ring (bicyclic) bond motifs is 2. The van der Waals surface area contributed by atoms with Crippen LogP contribution in [0, 0.1) is 0 Å². The van der Waals surface area contributed by atoms with Gasteiger partial charge in [0.05, 0.1) is 11.0 Å². The van der Waals surface area contributed by atoms with Crippen LogP contribution in [0.3, 0.4) is 0 Å². The molecule has 1 N–H and O–H groups in total. The van der Waals surface area contributed by atoms with Crippen LogP contribution in [0.25, 0.3) is 11.0 Å². The van der Waals surface area contributed by atoms with Crippen molar-refractivity contribution in [3.63, 3.8) is 0 Å². The lowest BCUT2D eigenvalue weighted by atomic mass is 9.73. The third-order valence-corrected chi connectivity index (χ3v) is 5.93. The quantitative estimate of drug-likeness (QED) is 0.470. The van der Waals surface area contributed by atoms with E-state index < -0.39 is 5.41 Å². The van der Waals surface area contributed by atoms with E-state index in [4.69, 9.17) is 0 Å². The number of halogens is 1. The summed E-state index contributed by atoms with van der Waals surface area (Å²) in [6.07, 6.45) is 0.190. The maximum atomic E-state index is 13.6. The number of nitrogens with zero attached hydrogens (tertiary/aromatic N) is 1. The van der Waals surface area contributed by atoms with Gasteiger partial charge in [-0.25, -0.2) is 4.98 Å². The molecular weight excluding hydrogens is 416 g/mol. The molecule has 4 aromatic rings. The van der Waals surface area contributed by atoms with Crippen LogP contribution in [0.2, 0.25) is 0 Å². The van der Waals surface area contributed by atoms with Gasteiger partial charge in [0, 0.05) is 22.0 Å². The molecule has 1 aromatic heterocycles. The summed E-state index contributed by atoms with van der Waals surface area (Å²) in [5.41, 5.74) is 2.04. The zero-order valence-corrected chi connectivity index (χ0v) is 16.4. The largest absolute Gasteiger partial charge is 0.342 e. The first kappa shape index (κ1) is 17.1. The Labute approximate surface area is 169 Å². The molecule has 0 saturated heterocycles. The number of para-hydroxylation sites is 2. The van der Waals surface area contributed by atoms with Crippen LogP contribution >= 0.6 is 15.9 Å². The number of hydrogen-bond donors (Lipinski definition) is 1. The Kier molecular flexibility index (Phi) is 3.81. The number of rotatable bonds is 3. The zero-order chi connectivity index (χ0) is 19.3. The molecule has 0 unspecified atom stereocenters. The summed E-state index contributed by atoms with van der Waals surface area (Å²) in [6.45, 7) is 0. The van der Waals surface area contributed by atoms with E-state index in [-0.39, 0.29) is 18.0 Å². The van der Waals surface area contributed by atoms with Crippen molar-refractivity contribution in [3.8, 4) is 0 Å². The molecule has 0 fully saturated rings. The summed E-state index contributed by atoms with van der Waals surface area (Å²) in [5, 5.41) is 0. The number of carbonyl (C=O) groups excluding carboxylic acids is 2. The van der Waals surface area contributed by atoms with E-state index in [2.05, 4.69) is 25.9 Å². The van der Waals surface area contributed by atoms with Crippen LogP contribution in [-0.4, -0.2) is 21.5 Å². The molecule has 1 aliphatic carbocycles. The molecule has 0 bridgehead atoms. The predicted octanol–water partition coefficient (Wildman–Crippen LogP) is 4.89. The maximum Gasteiger partial charge on any atom is 0.182 e. The minimum absolute atomic E-state index is 0.170. The van der Waals surface area contributed by atoms with E-state index in [0.29, 0.717) is 22.5 Å². The lowest BCUT2D eigenvalue weighted by Crippen LogP contribution is -2.41. The summed E-state index contributed by atoms with van der Waals surface area (Å²) in [4.78, 5) is 35.0. The summed E-state index contributed by atoms with van der Waals surface area (Å²) in [5.74, 6) is 0.283. The van der Waals surface area contributed by atoms with Crippen molar-refractivity contribution in [3.05, 3.63) is 99.8 Å². The van der Waals surface area contributed by atoms with E-state index in [0.717, 1.165) is 15.5 Å². The van der Waals surface area contributed by atoms with E-state index in [1.54, 1.807) is 24.3 Å². The average Bonchev–Trinajstić information content (AvgIpc) is 3.22. The highest BCUT2D eigenvalue weighted by atomic mass is 79.9. The fraction of sp³-hybridized carbons (Fsp3) is 0.0870. The van der Waals surface area contributed by atoms with Gasteiger partial charge in [0.2, 0.25) is 0 Å². The molecule has 0 aliphatic heterocycles. The van der Waals surface area contributed by atoms with Gasteiger partial charge in [-0.05, 0) is 29.8 Å². The topological polar surface area (TPSA) is 62.8 Å². The number of hydrogen-bond acceptors (Lipinski definition) is 3. The molecule has 28 heavy (non-hydrogen) atoms. The second-order valence-electron chi connectivity index (χ2n) is 6.99. The maximum absolute atomic E-state index is 13.6. The standard InChI is InChI=1S/C23H15BrN2O2/c24-15-11-9-14(10-12-15)23(13-20-25-18-7-3-4-8-19(18)26-20)21(27)16-5-1-2-6-17(16)22(23)28/h1-12H,13H2,(H,25,26). The number of H-pyrrole nitrogens is 1. The molecule has 136 valence electrons. The van der Waals surface area contributed by atoms with Gasteiger partial charge in [0.25, 0.3) is 0 Å². The first-order valence-electron chi connectivity index (χ1n) is 8.98. The van der Waals surface area contributed by atoms with Gasteiger partial charge in [-0.15, -0.1) is 0 Å². The number of benzene rings is 3. The molecule has 5 heteroatoms. The van der Waals surface area contributed by atoms with Crippen molar-refractivity contribution in [2.24, 2.45) is 0 Å². The summed E-state index contributed by atoms with van der Waals surface area (Å²) < 4.78 is 0.894. The van der Waals surface area contributed by atoms with Gasteiger partial charge >= 0.3 is 0 Å². The Morgan fingerprint density at radius 2 is 1.43 bits per heavy atom. The van der Waals surface area contributed by atoms with Crippen molar-refractivity contribution in [2.45, 2.75) is 11.8 Å². The van der Waals surface area contributed by atoms with Crippen LogP contribution in [0.15, 0.2) is 77.3 Å². The normalized spacial score (nSPS) is 15.2. The molecular formula is C23H15BrN2O2. The van der Waals surface area contributed by atoms with Crippen molar-refractivity contribution in [1.29, 1.82) is 0 Å². The fourth-order valence-electron chi connectivity index (χ4n) is 4.04. The molecule has 0 amide bonds. The van der Waals surface area contributed by atoms with Gasteiger partial charge < -0.3 is 4.98 Å². The minimum atomic E-state index is -1.31. The first-order valence-corrected chi connectivity index (χ1v) is 9.77. The van der Waals surface area contributed by atoms with Gasteiger partial charge in [-0.2, -0.15) is 0 Å². The van der Waals surface area contributed by atoms with Gasteiger partial charge in [0.1, 0.15) is 11.2 Å². The van der Waals surface area contributed by atoms with Crippen LogP contribution in [-0.2, 0) is 11.8 Å². The number of imidazole rings is 1. The van der Waals surface area contributed by atoms with Gasteiger partial charge in [0.15, 0.2) is 11.6 Å². The Bertz CT molecular complexity index is 1170. The molecule has 0 radical (unpaired) electrons. The fourth-order valence-corrected chi connectivity index (χ4v) is 4.31. The summed E-state index contributed by atoms with van der Waals surface area (Å²) in [6, 6.07) is 22.1. The Hall–Kier alpha value is -3.05. The SMILES string of the molecule is O=C1c2ccccc2C(=O)C1(Cc1nc2ccccc2[nH]1)c1ccc(Br)cc1. The zero-order valence-electron chi connectivity index (χ0n) is 14.8. The smallest absolute Gasteiger partial charge is 0.182 e. The van der Waals surface area contributed by atoms with Crippen LogP contribution < -0.4 is 0 Å². The molecule has 0 spiro atoms. The first-order chi connectivity index (χ1) is 13.6. The highest BCUT2D eigenvalue weighted by Gasteiger charge is 2.54. The van der Waals surface area contributed by atoms with Crippen molar-refractivity contribution in [1.82, 2.24) is 9.97 Å². The second kappa shape index (κ2) is 6.24. The van der Waals surface area contributed by atoms with Crippen molar-refractivity contribution in [2.75, 3.05) is 0 Å². The number of Topliss-reactive ketones (excluding diaryl/α,β-unsaturated/α-hetero) is 2. The third-order valence-electron chi connectivity index (χ3n) is 5.40. The third kappa shape index (κ3) is 2.39. The Morgan fingerprint density at radius 1 is 0.821 bits per heavy atom. The molecule has 1 heterocycles. The summed E-state index contributed by atoms with van der Waals surface area (Å²) >= 11 is 3.43. The van der Waals surface area contributed by atoms with Gasteiger partial charge in [-0.3, -0.25) is 9.59 Å². The molecule has 3 aromatic carbocycles. The number of carbonyl (C=O) groups is 2. The molecule has 0 atom stereocenters. The average molecular weight is 431 g/mol. The molecule has 5 rings (SSSR count).